The first-order valence-corrected chi connectivity index (χ1v) is 9.98. The number of rotatable bonds is 7. The molecule has 3 rings (SSSR count). The molecule has 7 heteroatoms. The van der Waals surface area contributed by atoms with Crippen LogP contribution < -0.4 is 4.72 Å². The molecule has 0 amide bonds. The minimum absolute atomic E-state index is 0.116. The summed E-state index contributed by atoms with van der Waals surface area (Å²) < 4.78 is 27.9. The summed E-state index contributed by atoms with van der Waals surface area (Å²) in [5, 5.41) is 4.43. The molecule has 0 saturated heterocycles. The Balaban J connectivity index is 1.65. The van der Waals surface area contributed by atoms with E-state index < -0.39 is 10.0 Å². The van der Waals surface area contributed by atoms with Crippen LogP contribution in [0.2, 0.25) is 0 Å². The Morgan fingerprint density at radius 2 is 2.04 bits per heavy atom. The number of nitrogens with zero attached hydrogens (tertiary/aromatic N) is 3. The van der Waals surface area contributed by atoms with Crippen LogP contribution in [0.3, 0.4) is 0 Å². The van der Waals surface area contributed by atoms with Gasteiger partial charge in [-0.3, -0.25) is 9.58 Å². The maximum atomic E-state index is 11.6. The van der Waals surface area contributed by atoms with Crippen molar-refractivity contribution < 1.29 is 8.42 Å². The molecule has 1 aliphatic heterocycles. The van der Waals surface area contributed by atoms with Crippen molar-refractivity contribution in [3.05, 3.63) is 53.9 Å². The third-order valence-corrected chi connectivity index (χ3v) is 5.79. The van der Waals surface area contributed by atoms with Gasteiger partial charge in [0.1, 0.15) is 0 Å². The number of aromatic nitrogens is 2. The van der Waals surface area contributed by atoms with Gasteiger partial charge in [0.25, 0.3) is 0 Å². The van der Waals surface area contributed by atoms with E-state index in [9.17, 15) is 8.42 Å². The lowest BCUT2D eigenvalue weighted by Gasteiger charge is -2.34. The highest BCUT2D eigenvalue weighted by Crippen LogP contribution is 2.24. The van der Waals surface area contributed by atoms with Gasteiger partial charge < -0.3 is 0 Å². The van der Waals surface area contributed by atoms with E-state index in [1.54, 1.807) is 6.92 Å². The molecule has 1 aromatic heterocycles. The second-order valence-electron chi connectivity index (χ2n) is 6.16. The van der Waals surface area contributed by atoms with Crippen LogP contribution in [0, 0.1) is 0 Å². The minimum atomic E-state index is -3.14. The molecule has 1 atom stereocenters. The first-order valence-electron chi connectivity index (χ1n) is 8.33. The normalized spacial score (nSPS) is 18.5. The summed E-state index contributed by atoms with van der Waals surface area (Å²) in [6.07, 6.45) is 2.56. The zero-order valence-corrected chi connectivity index (χ0v) is 14.7. The molecule has 0 fully saturated rings. The van der Waals surface area contributed by atoms with Gasteiger partial charge in [0.15, 0.2) is 0 Å². The van der Waals surface area contributed by atoms with Gasteiger partial charge in [0, 0.05) is 32.4 Å². The van der Waals surface area contributed by atoms with E-state index in [-0.39, 0.29) is 11.8 Å². The van der Waals surface area contributed by atoms with Crippen molar-refractivity contribution in [1.29, 1.82) is 0 Å². The van der Waals surface area contributed by atoms with Gasteiger partial charge in [-0.1, -0.05) is 30.3 Å². The molecule has 2 heterocycles. The van der Waals surface area contributed by atoms with Crippen LogP contribution in [0.1, 0.15) is 30.6 Å². The fraction of sp³-hybridized carbons (Fsp3) is 0.471. The van der Waals surface area contributed by atoms with Gasteiger partial charge in [-0.2, -0.15) is 5.10 Å². The van der Waals surface area contributed by atoms with E-state index in [2.05, 4.69) is 39.0 Å². The van der Waals surface area contributed by atoms with E-state index >= 15 is 0 Å². The lowest BCUT2D eigenvalue weighted by Crippen LogP contribution is -2.39. The summed E-state index contributed by atoms with van der Waals surface area (Å²) in [4.78, 5) is 2.39. The van der Waals surface area contributed by atoms with E-state index in [0.29, 0.717) is 6.54 Å². The van der Waals surface area contributed by atoms with Gasteiger partial charge in [-0.15, -0.1) is 0 Å². The quantitative estimate of drug-likeness (QED) is 0.828. The highest BCUT2D eigenvalue weighted by Gasteiger charge is 2.25. The molecule has 0 bridgehead atoms. The average Bonchev–Trinajstić information content (AvgIpc) is 3.04. The zero-order chi connectivity index (χ0) is 17.0. The fourth-order valence-corrected chi connectivity index (χ4v) is 3.76. The largest absolute Gasteiger partial charge is 0.291 e. The predicted molar refractivity (Wildman–Crippen MR) is 93.9 cm³/mol. The second kappa shape index (κ2) is 7.46. The molecular weight excluding hydrogens is 324 g/mol. The van der Waals surface area contributed by atoms with Crippen molar-refractivity contribution >= 4 is 10.0 Å². The Hall–Kier alpha value is -1.70. The summed E-state index contributed by atoms with van der Waals surface area (Å²) in [6.45, 7) is 4.72. The maximum Gasteiger partial charge on any atom is 0.211 e. The molecule has 1 aromatic carbocycles. The van der Waals surface area contributed by atoms with Crippen LogP contribution in [0.4, 0.5) is 0 Å². The Bertz CT molecular complexity index is 758. The van der Waals surface area contributed by atoms with Crippen molar-refractivity contribution in [2.75, 3.05) is 18.8 Å². The van der Waals surface area contributed by atoms with Crippen LogP contribution in [0.25, 0.3) is 0 Å². The van der Waals surface area contributed by atoms with Crippen LogP contribution >= 0.6 is 0 Å². The summed E-state index contributed by atoms with van der Waals surface area (Å²) in [6, 6.07) is 12.6. The summed E-state index contributed by atoms with van der Waals surface area (Å²) in [5.41, 5.74) is 2.47. The van der Waals surface area contributed by atoms with E-state index in [4.69, 9.17) is 0 Å². The van der Waals surface area contributed by atoms with Crippen molar-refractivity contribution in [2.24, 2.45) is 0 Å². The molecule has 24 heavy (non-hydrogen) atoms. The second-order valence-corrected chi connectivity index (χ2v) is 8.26. The lowest BCUT2D eigenvalue weighted by molar-refractivity contribution is 0.162. The summed E-state index contributed by atoms with van der Waals surface area (Å²) in [7, 11) is -3.14. The van der Waals surface area contributed by atoms with Gasteiger partial charge in [-0.25, -0.2) is 13.1 Å². The van der Waals surface area contributed by atoms with E-state index in [0.717, 1.165) is 26.1 Å². The molecule has 2 aromatic rings. The third-order valence-electron chi connectivity index (χ3n) is 4.38. The number of hydrogen-bond donors (Lipinski definition) is 1. The van der Waals surface area contributed by atoms with Crippen molar-refractivity contribution in [3.8, 4) is 0 Å². The van der Waals surface area contributed by atoms with Gasteiger partial charge in [-0.05, 0) is 25.0 Å². The molecule has 6 nitrogen and oxygen atoms in total. The SMILES string of the molecule is CCS(=O)(=O)NCCC1CN(Cc2ccccc2)Cc2ccnn21. The molecule has 130 valence electrons. The molecule has 1 unspecified atom stereocenters. The van der Waals surface area contributed by atoms with E-state index in [1.165, 1.54) is 11.3 Å². The standard InChI is InChI=1S/C17H24N4O2S/c1-2-24(22,23)19-11-9-17-14-20(12-15-6-4-3-5-7-15)13-16-8-10-18-21(16)17/h3-8,10,17,19H,2,9,11-14H2,1H3. The monoisotopic (exact) mass is 348 g/mol. The van der Waals surface area contributed by atoms with Crippen molar-refractivity contribution in [1.82, 2.24) is 19.4 Å². The first-order chi connectivity index (χ1) is 11.6. The van der Waals surface area contributed by atoms with Crippen LogP contribution in [0.5, 0.6) is 0 Å². The molecule has 0 spiro atoms. The third kappa shape index (κ3) is 4.23. The fourth-order valence-electron chi connectivity index (χ4n) is 3.12. The number of fused-ring (bicyclic) bond motifs is 1. The predicted octanol–water partition coefficient (Wildman–Crippen LogP) is 1.77. The zero-order valence-electron chi connectivity index (χ0n) is 13.9. The Labute approximate surface area is 143 Å². The first kappa shape index (κ1) is 17.1. The molecule has 0 aliphatic carbocycles. The van der Waals surface area contributed by atoms with Gasteiger partial charge >= 0.3 is 0 Å². The number of hydrogen-bond acceptors (Lipinski definition) is 4. The molecule has 1 aliphatic rings. The highest BCUT2D eigenvalue weighted by molar-refractivity contribution is 7.89. The average molecular weight is 348 g/mol. The van der Waals surface area contributed by atoms with Crippen LogP contribution in [-0.4, -0.2) is 41.9 Å². The Kier molecular flexibility index (Phi) is 5.33. The van der Waals surface area contributed by atoms with Crippen LogP contribution in [-0.2, 0) is 23.1 Å². The molecule has 1 N–H and O–H groups in total. The Morgan fingerprint density at radius 3 is 2.79 bits per heavy atom. The molecule has 0 radical (unpaired) electrons. The van der Waals surface area contributed by atoms with Gasteiger partial charge in [0.05, 0.1) is 17.5 Å². The van der Waals surface area contributed by atoms with Gasteiger partial charge in [0.2, 0.25) is 10.0 Å². The number of benzene rings is 1. The van der Waals surface area contributed by atoms with Crippen molar-refractivity contribution in [2.45, 2.75) is 32.5 Å². The maximum absolute atomic E-state index is 11.6. The number of sulfonamides is 1. The number of nitrogens with one attached hydrogen (secondary N) is 1. The highest BCUT2D eigenvalue weighted by atomic mass is 32.2. The molecular formula is C17H24N4O2S. The smallest absolute Gasteiger partial charge is 0.211 e. The van der Waals surface area contributed by atoms with Crippen LogP contribution in [0.15, 0.2) is 42.6 Å². The topological polar surface area (TPSA) is 67.2 Å². The summed E-state index contributed by atoms with van der Waals surface area (Å²) in [5.74, 6) is 0.116. The van der Waals surface area contributed by atoms with E-state index in [1.807, 2.05) is 23.0 Å². The Morgan fingerprint density at radius 1 is 1.25 bits per heavy atom. The lowest BCUT2D eigenvalue weighted by atomic mass is 10.1. The minimum Gasteiger partial charge on any atom is -0.291 e. The van der Waals surface area contributed by atoms with Crippen molar-refractivity contribution in [3.63, 3.8) is 0 Å². The summed E-state index contributed by atoms with van der Waals surface area (Å²) >= 11 is 0. The molecule has 0 saturated carbocycles.